The number of benzene rings is 1. The van der Waals surface area contributed by atoms with Crippen LogP contribution in [0.2, 0.25) is 0 Å². The van der Waals surface area contributed by atoms with Crippen LogP contribution >= 0.6 is 0 Å². The molecule has 2 aromatic heterocycles. The van der Waals surface area contributed by atoms with Gasteiger partial charge < -0.3 is 14.3 Å². The Morgan fingerprint density at radius 1 is 1.26 bits per heavy atom. The van der Waals surface area contributed by atoms with Gasteiger partial charge in [0.1, 0.15) is 11.6 Å². The van der Waals surface area contributed by atoms with Crippen LogP contribution in [-0.2, 0) is 6.42 Å². The highest BCUT2D eigenvalue weighted by Gasteiger charge is 2.37. The topological polar surface area (TPSA) is 79.2 Å². The molecule has 3 aromatic rings. The lowest BCUT2D eigenvalue weighted by molar-refractivity contribution is 0.0694. The monoisotopic (exact) mass is 363 g/mol. The van der Waals surface area contributed by atoms with Crippen molar-refractivity contribution in [2.75, 3.05) is 6.54 Å². The zero-order valence-corrected chi connectivity index (χ0v) is 15.2. The average Bonchev–Trinajstić information content (AvgIpc) is 3.38. The number of hydrogen-bond acceptors (Lipinski definition) is 4. The Hall–Kier alpha value is -2.89. The number of aromatic nitrogens is 2. The molecule has 1 aliphatic carbocycles. The van der Waals surface area contributed by atoms with Crippen molar-refractivity contribution in [1.29, 1.82) is 0 Å². The molecule has 3 heterocycles. The number of carbonyl (C=O) groups excluding carboxylic acids is 2. The molecule has 27 heavy (non-hydrogen) atoms. The number of fused-ring (bicyclic) bond motifs is 2. The van der Waals surface area contributed by atoms with E-state index in [1.165, 1.54) is 0 Å². The van der Waals surface area contributed by atoms with E-state index in [1.54, 1.807) is 0 Å². The highest BCUT2D eigenvalue weighted by atomic mass is 16.4. The number of aryl methyl sites for hydroxylation is 1. The van der Waals surface area contributed by atoms with E-state index in [2.05, 4.69) is 9.97 Å². The van der Waals surface area contributed by atoms with Crippen LogP contribution in [0, 0.1) is 6.92 Å². The maximum absolute atomic E-state index is 13.3. The molecule has 5 rings (SSSR count). The van der Waals surface area contributed by atoms with Gasteiger partial charge in [0.15, 0.2) is 11.5 Å². The van der Waals surface area contributed by atoms with Crippen molar-refractivity contribution in [1.82, 2.24) is 14.9 Å². The molecule has 1 fully saturated rings. The molecule has 0 bridgehead atoms. The van der Waals surface area contributed by atoms with E-state index >= 15 is 0 Å². The standard InChI is InChI=1S/C21H21N3O3/c1-12-18-16(25)9-4-10-17(18)27-19(12)21(26)24-11-5-8-15(24)20-22-13-6-2-3-7-14(13)23-20/h2-3,6-7,15H,4-5,8-11H2,1H3,(H,22,23). The normalized spacial score (nSPS) is 19.7. The Balaban J connectivity index is 1.50. The van der Waals surface area contributed by atoms with E-state index in [-0.39, 0.29) is 17.7 Å². The highest BCUT2D eigenvalue weighted by molar-refractivity contribution is 6.03. The summed E-state index contributed by atoms with van der Waals surface area (Å²) < 4.78 is 5.88. The van der Waals surface area contributed by atoms with E-state index in [4.69, 9.17) is 4.42 Å². The van der Waals surface area contributed by atoms with Crippen molar-refractivity contribution in [3.63, 3.8) is 0 Å². The minimum absolute atomic E-state index is 0.0896. The summed E-state index contributed by atoms with van der Waals surface area (Å²) in [6.07, 6.45) is 3.84. The molecule has 1 aromatic carbocycles. The number of furan rings is 1. The number of H-pyrrole nitrogens is 1. The first-order valence-corrected chi connectivity index (χ1v) is 9.54. The molecule has 1 atom stereocenters. The van der Waals surface area contributed by atoms with Gasteiger partial charge in [-0.05, 0) is 38.3 Å². The molecular formula is C21H21N3O3. The van der Waals surface area contributed by atoms with Crippen molar-refractivity contribution in [3.05, 3.63) is 52.7 Å². The van der Waals surface area contributed by atoms with E-state index in [9.17, 15) is 9.59 Å². The SMILES string of the molecule is Cc1c(C(=O)N2CCCC2c2nc3ccccc3[nH]2)oc2c1C(=O)CCC2. The van der Waals surface area contributed by atoms with Gasteiger partial charge in [-0.2, -0.15) is 0 Å². The minimum Gasteiger partial charge on any atom is -0.455 e. The summed E-state index contributed by atoms with van der Waals surface area (Å²) in [5.74, 6) is 1.75. The van der Waals surface area contributed by atoms with Crippen molar-refractivity contribution < 1.29 is 14.0 Å². The number of nitrogens with zero attached hydrogens (tertiary/aromatic N) is 2. The van der Waals surface area contributed by atoms with Crippen LogP contribution < -0.4 is 0 Å². The number of amides is 1. The first kappa shape index (κ1) is 16.3. The molecule has 6 heteroatoms. The second-order valence-corrected chi connectivity index (χ2v) is 7.43. The van der Waals surface area contributed by atoms with Gasteiger partial charge in [0.2, 0.25) is 0 Å². The molecule has 0 radical (unpaired) electrons. The summed E-state index contributed by atoms with van der Waals surface area (Å²) in [6, 6.07) is 7.78. The average molecular weight is 363 g/mol. The lowest BCUT2D eigenvalue weighted by Gasteiger charge is -2.22. The van der Waals surface area contributed by atoms with Gasteiger partial charge in [0, 0.05) is 24.9 Å². The maximum Gasteiger partial charge on any atom is 0.290 e. The molecule has 0 spiro atoms. The van der Waals surface area contributed by atoms with Crippen molar-refractivity contribution >= 4 is 22.7 Å². The number of nitrogens with one attached hydrogen (secondary N) is 1. The first-order chi connectivity index (χ1) is 13.1. The van der Waals surface area contributed by atoms with Gasteiger partial charge in [-0.25, -0.2) is 4.98 Å². The lowest BCUT2D eigenvalue weighted by atomic mass is 9.94. The molecule has 1 amide bonds. The maximum atomic E-state index is 13.3. The first-order valence-electron chi connectivity index (χ1n) is 9.54. The third-order valence-corrected chi connectivity index (χ3v) is 5.74. The van der Waals surface area contributed by atoms with Crippen molar-refractivity contribution in [2.45, 2.75) is 45.1 Å². The molecule has 1 saturated heterocycles. The van der Waals surface area contributed by atoms with Crippen molar-refractivity contribution in [2.24, 2.45) is 0 Å². The summed E-state index contributed by atoms with van der Waals surface area (Å²) in [5.41, 5.74) is 3.20. The van der Waals surface area contributed by atoms with Gasteiger partial charge in [0.25, 0.3) is 5.91 Å². The zero-order valence-electron chi connectivity index (χ0n) is 15.2. The second kappa shape index (κ2) is 6.08. The summed E-state index contributed by atoms with van der Waals surface area (Å²) >= 11 is 0. The number of ketones is 1. The predicted molar refractivity (Wildman–Crippen MR) is 99.8 cm³/mol. The van der Waals surface area contributed by atoms with Crippen LogP contribution in [0.15, 0.2) is 28.7 Å². The lowest BCUT2D eigenvalue weighted by Crippen LogP contribution is -2.31. The number of imidazole rings is 1. The van der Waals surface area contributed by atoms with Gasteiger partial charge in [-0.1, -0.05) is 12.1 Å². The Bertz CT molecular complexity index is 1030. The number of rotatable bonds is 2. The summed E-state index contributed by atoms with van der Waals surface area (Å²) in [7, 11) is 0. The quantitative estimate of drug-likeness (QED) is 0.747. The minimum atomic E-state index is -0.141. The predicted octanol–water partition coefficient (Wildman–Crippen LogP) is 3.96. The Morgan fingerprint density at radius 3 is 2.93 bits per heavy atom. The number of hydrogen-bond donors (Lipinski definition) is 1. The number of carbonyl (C=O) groups is 2. The molecule has 1 unspecified atom stereocenters. The Kier molecular flexibility index (Phi) is 3.67. The number of likely N-dealkylation sites (tertiary alicyclic amines) is 1. The highest BCUT2D eigenvalue weighted by Crippen LogP contribution is 2.35. The molecule has 0 saturated carbocycles. The fourth-order valence-corrected chi connectivity index (χ4v) is 4.41. The van der Waals surface area contributed by atoms with E-state index in [0.717, 1.165) is 42.5 Å². The van der Waals surface area contributed by atoms with Crippen LogP contribution in [-0.4, -0.2) is 33.1 Å². The van der Waals surface area contributed by atoms with E-state index in [1.807, 2.05) is 36.1 Å². The van der Waals surface area contributed by atoms with Gasteiger partial charge >= 0.3 is 0 Å². The summed E-state index contributed by atoms with van der Waals surface area (Å²) in [6.45, 7) is 2.49. The molecule has 1 aliphatic heterocycles. The third-order valence-electron chi connectivity index (χ3n) is 5.74. The van der Waals surface area contributed by atoms with Gasteiger partial charge in [-0.3, -0.25) is 9.59 Å². The van der Waals surface area contributed by atoms with Gasteiger partial charge in [-0.15, -0.1) is 0 Å². The second-order valence-electron chi connectivity index (χ2n) is 7.43. The van der Waals surface area contributed by atoms with E-state index in [0.29, 0.717) is 35.6 Å². The largest absolute Gasteiger partial charge is 0.455 e. The van der Waals surface area contributed by atoms with Crippen LogP contribution in [0.25, 0.3) is 11.0 Å². The van der Waals surface area contributed by atoms with Crippen LogP contribution in [0.4, 0.5) is 0 Å². The third kappa shape index (κ3) is 2.51. The van der Waals surface area contributed by atoms with E-state index < -0.39 is 0 Å². The summed E-state index contributed by atoms with van der Waals surface area (Å²) in [4.78, 5) is 35.4. The van der Waals surface area contributed by atoms with Gasteiger partial charge in [0.05, 0.1) is 22.6 Å². The Morgan fingerprint density at radius 2 is 2.11 bits per heavy atom. The molecule has 138 valence electrons. The Labute approximate surface area is 156 Å². The fraction of sp³-hybridized carbons (Fsp3) is 0.381. The van der Waals surface area contributed by atoms with Crippen LogP contribution in [0.3, 0.4) is 0 Å². The summed E-state index contributed by atoms with van der Waals surface area (Å²) in [5, 5.41) is 0. The number of Topliss-reactive ketones (excluding diaryl/α,β-unsaturated/α-hetero) is 1. The zero-order chi connectivity index (χ0) is 18.5. The number of para-hydroxylation sites is 2. The van der Waals surface area contributed by atoms with Crippen LogP contribution in [0.5, 0.6) is 0 Å². The fourth-order valence-electron chi connectivity index (χ4n) is 4.41. The van der Waals surface area contributed by atoms with Crippen LogP contribution in [0.1, 0.15) is 69.8 Å². The molecule has 1 N–H and O–H groups in total. The smallest absolute Gasteiger partial charge is 0.290 e. The molecular weight excluding hydrogens is 342 g/mol. The number of aromatic amines is 1. The van der Waals surface area contributed by atoms with Crippen molar-refractivity contribution in [3.8, 4) is 0 Å². The molecule has 2 aliphatic rings. The molecule has 6 nitrogen and oxygen atoms in total.